The van der Waals surface area contributed by atoms with Gasteiger partial charge in [-0.2, -0.15) is 0 Å². The lowest BCUT2D eigenvalue weighted by Gasteiger charge is -2.17. The third kappa shape index (κ3) is 3.49. The molecule has 0 bridgehead atoms. The maximum absolute atomic E-state index is 9.76. The fraction of sp³-hybridized carbons (Fsp3) is 0.200. The zero-order valence-electron chi connectivity index (χ0n) is 10.3. The van der Waals surface area contributed by atoms with Gasteiger partial charge in [-0.05, 0) is 30.8 Å². The third-order valence-corrected chi connectivity index (χ3v) is 3.01. The first-order valence-electron chi connectivity index (χ1n) is 5.85. The molecular formula is C15H16ClNO. The van der Waals surface area contributed by atoms with Crippen LogP contribution < -0.4 is 0 Å². The Kier molecular flexibility index (Phi) is 4.24. The van der Waals surface area contributed by atoms with Gasteiger partial charge in [0.2, 0.25) is 0 Å². The highest BCUT2D eigenvalue weighted by Crippen LogP contribution is 2.23. The molecule has 0 saturated heterocycles. The van der Waals surface area contributed by atoms with E-state index in [1.807, 2.05) is 25.2 Å². The van der Waals surface area contributed by atoms with Crippen molar-refractivity contribution in [3.63, 3.8) is 0 Å². The van der Waals surface area contributed by atoms with Crippen LogP contribution in [0.1, 0.15) is 11.1 Å². The molecule has 0 fully saturated rings. The van der Waals surface area contributed by atoms with E-state index in [9.17, 15) is 5.11 Å². The zero-order chi connectivity index (χ0) is 13.0. The molecule has 94 valence electrons. The molecule has 0 atom stereocenters. The number of phenols is 1. The molecular weight excluding hydrogens is 246 g/mol. The number of rotatable bonds is 4. The van der Waals surface area contributed by atoms with Gasteiger partial charge in [0, 0.05) is 23.7 Å². The normalized spacial score (nSPS) is 10.8. The van der Waals surface area contributed by atoms with Crippen LogP contribution in [0.3, 0.4) is 0 Å². The minimum absolute atomic E-state index is 0.291. The van der Waals surface area contributed by atoms with Crippen molar-refractivity contribution in [2.75, 3.05) is 7.05 Å². The number of hydrogen-bond donors (Lipinski definition) is 1. The summed E-state index contributed by atoms with van der Waals surface area (Å²) < 4.78 is 0. The summed E-state index contributed by atoms with van der Waals surface area (Å²) >= 11 is 5.93. The predicted molar refractivity (Wildman–Crippen MR) is 74.7 cm³/mol. The Morgan fingerprint density at radius 1 is 1.06 bits per heavy atom. The number of hydrogen-bond acceptors (Lipinski definition) is 2. The second-order valence-electron chi connectivity index (χ2n) is 4.43. The molecule has 0 spiro atoms. The minimum atomic E-state index is 0.291. The molecule has 0 heterocycles. The second kappa shape index (κ2) is 5.89. The molecule has 0 aliphatic heterocycles. The Balaban J connectivity index is 2.03. The van der Waals surface area contributed by atoms with E-state index >= 15 is 0 Å². The van der Waals surface area contributed by atoms with E-state index in [4.69, 9.17) is 11.6 Å². The summed E-state index contributed by atoms with van der Waals surface area (Å²) in [5.74, 6) is 0.291. The Morgan fingerprint density at radius 2 is 1.78 bits per heavy atom. The van der Waals surface area contributed by atoms with Crippen LogP contribution in [0, 0.1) is 0 Å². The third-order valence-electron chi connectivity index (χ3n) is 2.78. The highest BCUT2D eigenvalue weighted by atomic mass is 35.5. The first-order valence-corrected chi connectivity index (χ1v) is 6.23. The molecule has 2 aromatic carbocycles. The molecule has 0 aromatic heterocycles. The molecule has 0 amide bonds. The number of aromatic hydroxyl groups is 1. The second-order valence-corrected chi connectivity index (χ2v) is 4.87. The predicted octanol–water partition coefficient (Wildman–Crippen LogP) is 3.68. The van der Waals surface area contributed by atoms with Crippen LogP contribution in [-0.2, 0) is 13.1 Å². The van der Waals surface area contributed by atoms with Gasteiger partial charge in [0.15, 0.2) is 0 Å². The molecule has 0 aliphatic rings. The molecule has 0 unspecified atom stereocenters. The van der Waals surface area contributed by atoms with Gasteiger partial charge in [0.25, 0.3) is 0 Å². The summed E-state index contributed by atoms with van der Waals surface area (Å²) in [4.78, 5) is 2.14. The van der Waals surface area contributed by atoms with Gasteiger partial charge in [-0.15, -0.1) is 0 Å². The van der Waals surface area contributed by atoms with Gasteiger partial charge in [-0.1, -0.05) is 41.9 Å². The molecule has 2 nitrogen and oxygen atoms in total. The van der Waals surface area contributed by atoms with Gasteiger partial charge in [0.1, 0.15) is 5.75 Å². The lowest BCUT2D eigenvalue weighted by molar-refractivity contribution is 0.312. The highest BCUT2D eigenvalue weighted by molar-refractivity contribution is 6.30. The van der Waals surface area contributed by atoms with Gasteiger partial charge < -0.3 is 5.11 Å². The van der Waals surface area contributed by atoms with Crippen LogP contribution in [0.2, 0.25) is 5.02 Å². The van der Waals surface area contributed by atoms with Crippen LogP contribution in [0.25, 0.3) is 0 Å². The molecule has 18 heavy (non-hydrogen) atoms. The number of benzene rings is 2. The van der Waals surface area contributed by atoms with Crippen molar-refractivity contribution >= 4 is 11.6 Å². The molecule has 1 N–H and O–H groups in total. The average Bonchev–Trinajstić information content (AvgIpc) is 2.35. The van der Waals surface area contributed by atoms with Crippen molar-refractivity contribution in [3.8, 4) is 5.75 Å². The SMILES string of the molecule is CN(Cc1ccccc1)Cc1cc(Cl)ccc1O. The van der Waals surface area contributed by atoms with E-state index in [0.717, 1.165) is 12.1 Å². The Morgan fingerprint density at radius 3 is 2.50 bits per heavy atom. The van der Waals surface area contributed by atoms with Crippen LogP contribution in [0.15, 0.2) is 48.5 Å². The van der Waals surface area contributed by atoms with E-state index in [-0.39, 0.29) is 0 Å². The van der Waals surface area contributed by atoms with Crippen LogP contribution in [0.4, 0.5) is 0 Å². The average molecular weight is 262 g/mol. The van der Waals surface area contributed by atoms with Gasteiger partial charge in [0.05, 0.1) is 0 Å². The van der Waals surface area contributed by atoms with Crippen LogP contribution in [-0.4, -0.2) is 17.1 Å². The van der Waals surface area contributed by atoms with E-state index < -0.39 is 0 Å². The maximum atomic E-state index is 9.76. The quantitative estimate of drug-likeness (QED) is 0.908. The van der Waals surface area contributed by atoms with Gasteiger partial charge in [-0.3, -0.25) is 4.90 Å². The molecule has 0 saturated carbocycles. The van der Waals surface area contributed by atoms with E-state index in [2.05, 4.69) is 17.0 Å². The highest BCUT2D eigenvalue weighted by Gasteiger charge is 2.06. The smallest absolute Gasteiger partial charge is 0.120 e. The fourth-order valence-corrected chi connectivity index (χ4v) is 2.12. The van der Waals surface area contributed by atoms with Gasteiger partial charge >= 0.3 is 0 Å². The molecule has 2 aromatic rings. The topological polar surface area (TPSA) is 23.5 Å². The van der Waals surface area contributed by atoms with Crippen molar-refractivity contribution in [1.29, 1.82) is 0 Å². The fourth-order valence-electron chi connectivity index (χ4n) is 1.92. The Hall–Kier alpha value is -1.51. The molecule has 3 heteroatoms. The van der Waals surface area contributed by atoms with E-state index in [0.29, 0.717) is 17.3 Å². The van der Waals surface area contributed by atoms with Crippen molar-refractivity contribution in [2.24, 2.45) is 0 Å². The lowest BCUT2D eigenvalue weighted by atomic mass is 10.1. The summed E-state index contributed by atoms with van der Waals surface area (Å²) in [6.45, 7) is 1.51. The Bertz CT molecular complexity index is 513. The van der Waals surface area contributed by atoms with Crippen LogP contribution >= 0.6 is 11.6 Å². The zero-order valence-corrected chi connectivity index (χ0v) is 11.1. The largest absolute Gasteiger partial charge is 0.508 e. The summed E-state index contributed by atoms with van der Waals surface area (Å²) in [6.07, 6.45) is 0. The molecule has 0 radical (unpaired) electrons. The standard InChI is InChI=1S/C15H16ClNO/c1-17(10-12-5-3-2-4-6-12)11-13-9-14(16)7-8-15(13)18/h2-9,18H,10-11H2,1H3. The van der Waals surface area contributed by atoms with Crippen molar-refractivity contribution in [1.82, 2.24) is 4.90 Å². The number of halogens is 1. The van der Waals surface area contributed by atoms with Crippen LogP contribution in [0.5, 0.6) is 5.75 Å². The molecule has 2 rings (SSSR count). The first-order chi connectivity index (χ1) is 8.65. The summed E-state index contributed by atoms with van der Waals surface area (Å²) in [5.41, 5.74) is 2.10. The molecule has 0 aliphatic carbocycles. The monoisotopic (exact) mass is 261 g/mol. The first kappa shape index (κ1) is 12.9. The van der Waals surface area contributed by atoms with Crippen molar-refractivity contribution < 1.29 is 5.11 Å². The maximum Gasteiger partial charge on any atom is 0.120 e. The van der Waals surface area contributed by atoms with Crippen molar-refractivity contribution in [3.05, 3.63) is 64.7 Å². The summed E-state index contributed by atoms with van der Waals surface area (Å²) in [7, 11) is 2.02. The van der Waals surface area contributed by atoms with E-state index in [1.54, 1.807) is 18.2 Å². The summed E-state index contributed by atoms with van der Waals surface area (Å²) in [6, 6.07) is 15.4. The van der Waals surface area contributed by atoms with Crippen molar-refractivity contribution in [2.45, 2.75) is 13.1 Å². The number of nitrogens with zero attached hydrogens (tertiary/aromatic N) is 1. The Labute approximate surface area is 112 Å². The van der Waals surface area contributed by atoms with Gasteiger partial charge in [-0.25, -0.2) is 0 Å². The summed E-state index contributed by atoms with van der Waals surface area (Å²) in [5, 5.41) is 10.4. The van der Waals surface area contributed by atoms with E-state index in [1.165, 1.54) is 5.56 Å². The number of phenolic OH excluding ortho intramolecular Hbond substituents is 1. The minimum Gasteiger partial charge on any atom is -0.508 e. The lowest BCUT2D eigenvalue weighted by Crippen LogP contribution is -2.17.